The van der Waals surface area contributed by atoms with Crippen LogP contribution in [-0.4, -0.2) is 37.0 Å². The molecule has 1 fully saturated rings. The van der Waals surface area contributed by atoms with Crippen molar-refractivity contribution in [1.82, 2.24) is 4.31 Å². The van der Waals surface area contributed by atoms with Gasteiger partial charge in [0.25, 0.3) is 0 Å². The summed E-state index contributed by atoms with van der Waals surface area (Å²) in [6.45, 7) is 1.79. The summed E-state index contributed by atoms with van der Waals surface area (Å²) in [4.78, 5) is 0.329. The first kappa shape index (κ1) is 14.5. The molecule has 0 heterocycles. The van der Waals surface area contributed by atoms with Gasteiger partial charge in [-0.25, -0.2) is 8.42 Å². The standard InChI is InChI=1S/C14H21NO3S/c1-11-7-3-6-10-14(11)19(17,18)15(2)12-8-4-5-9-13(12)16/h3,6-7,10,12-13,16H,4-5,8-9H2,1-2H3. The van der Waals surface area contributed by atoms with E-state index in [0.29, 0.717) is 11.3 Å². The van der Waals surface area contributed by atoms with E-state index in [-0.39, 0.29) is 6.04 Å². The van der Waals surface area contributed by atoms with Gasteiger partial charge in [0.15, 0.2) is 0 Å². The van der Waals surface area contributed by atoms with Gasteiger partial charge in [0, 0.05) is 7.05 Å². The zero-order valence-electron chi connectivity index (χ0n) is 11.4. The molecule has 0 bridgehead atoms. The lowest BCUT2D eigenvalue weighted by Gasteiger charge is -2.34. The van der Waals surface area contributed by atoms with Crippen LogP contribution in [0.3, 0.4) is 0 Å². The molecule has 1 aliphatic carbocycles. The summed E-state index contributed by atoms with van der Waals surface area (Å²) < 4.78 is 26.6. The number of aliphatic hydroxyl groups excluding tert-OH is 1. The van der Waals surface area contributed by atoms with Crippen molar-refractivity contribution in [2.24, 2.45) is 0 Å². The van der Waals surface area contributed by atoms with Crippen LogP contribution in [0.15, 0.2) is 29.2 Å². The van der Waals surface area contributed by atoms with E-state index in [2.05, 4.69) is 0 Å². The predicted molar refractivity (Wildman–Crippen MR) is 74.4 cm³/mol. The normalized spacial score (nSPS) is 24.6. The molecule has 2 unspecified atom stereocenters. The van der Waals surface area contributed by atoms with Gasteiger partial charge in [0.1, 0.15) is 0 Å². The van der Waals surface area contributed by atoms with Crippen LogP contribution in [0, 0.1) is 6.92 Å². The Hall–Kier alpha value is -0.910. The lowest BCUT2D eigenvalue weighted by molar-refractivity contribution is 0.0638. The van der Waals surface area contributed by atoms with Crippen LogP contribution in [0.2, 0.25) is 0 Å². The summed E-state index contributed by atoms with van der Waals surface area (Å²) in [5.74, 6) is 0. The van der Waals surface area contributed by atoms with E-state index in [4.69, 9.17) is 0 Å². The van der Waals surface area contributed by atoms with Crippen LogP contribution in [-0.2, 0) is 10.0 Å². The third-order valence-electron chi connectivity index (χ3n) is 3.91. The summed E-state index contributed by atoms with van der Waals surface area (Å²) in [5, 5.41) is 10.0. The van der Waals surface area contributed by atoms with E-state index in [1.54, 1.807) is 32.2 Å². The molecule has 1 saturated carbocycles. The fraction of sp³-hybridized carbons (Fsp3) is 0.571. The van der Waals surface area contributed by atoms with Gasteiger partial charge in [-0.15, -0.1) is 0 Å². The van der Waals surface area contributed by atoms with Crippen molar-refractivity contribution in [2.45, 2.75) is 49.6 Å². The summed E-state index contributed by atoms with van der Waals surface area (Å²) >= 11 is 0. The number of likely N-dealkylation sites (N-methyl/N-ethyl adjacent to an activating group) is 1. The van der Waals surface area contributed by atoms with Crippen LogP contribution >= 0.6 is 0 Å². The summed E-state index contributed by atoms with van der Waals surface area (Å²) in [7, 11) is -1.96. The highest BCUT2D eigenvalue weighted by Crippen LogP contribution is 2.27. The van der Waals surface area contributed by atoms with Crippen LogP contribution in [0.25, 0.3) is 0 Å². The van der Waals surface area contributed by atoms with Gasteiger partial charge in [-0.05, 0) is 31.4 Å². The Kier molecular flexibility index (Phi) is 4.28. The smallest absolute Gasteiger partial charge is 0.243 e. The molecule has 106 valence electrons. The highest BCUT2D eigenvalue weighted by Gasteiger charge is 2.34. The molecule has 0 aromatic heterocycles. The molecule has 19 heavy (non-hydrogen) atoms. The van der Waals surface area contributed by atoms with E-state index in [0.717, 1.165) is 24.8 Å². The SMILES string of the molecule is Cc1ccccc1S(=O)(=O)N(C)C1CCCCC1O. The number of aliphatic hydroxyl groups is 1. The molecule has 1 aliphatic rings. The molecule has 0 amide bonds. The molecule has 0 spiro atoms. The van der Waals surface area contributed by atoms with Gasteiger partial charge in [0.05, 0.1) is 17.0 Å². The maximum Gasteiger partial charge on any atom is 0.243 e. The van der Waals surface area contributed by atoms with Gasteiger partial charge in [-0.1, -0.05) is 31.0 Å². The summed E-state index contributed by atoms with van der Waals surface area (Å²) in [6.07, 6.45) is 2.78. The van der Waals surface area contributed by atoms with Crippen molar-refractivity contribution in [3.8, 4) is 0 Å². The number of aryl methyl sites for hydroxylation is 1. The fourth-order valence-corrected chi connectivity index (χ4v) is 4.33. The van der Waals surface area contributed by atoms with Crippen LogP contribution in [0.5, 0.6) is 0 Å². The molecular formula is C14H21NO3S. The predicted octanol–water partition coefficient (Wildman–Crippen LogP) is 1.92. The third-order valence-corrected chi connectivity index (χ3v) is 5.95. The second-order valence-corrected chi connectivity index (χ2v) is 7.17. The molecule has 4 nitrogen and oxygen atoms in total. The Labute approximate surface area is 115 Å². The Balaban J connectivity index is 2.31. The molecule has 0 radical (unpaired) electrons. The van der Waals surface area contributed by atoms with Crippen molar-refractivity contribution in [2.75, 3.05) is 7.05 Å². The number of benzene rings is 1. The molecule has 2 atom stereocenters. The zero-order valence-corrected chi connectivity index (χ0v) is 12.2. The number of sulfonamides is 1. The van der Waals surface area contributed by atoms with Crippen molar-refractivity contribution >= 4 is 10.0 Å². The van der Waals surface area contributed by atoms with Gasteiger partial charge >= 0.3 is 0 Å². The van der Waals surface area contributed by atoms with E-state index >= 15 is 0 Å². The number of nitrogens with zero attached hydrogens (tertiary/aromatic N) is 1. The second kappa shape index (κ2) is 5.61. The average Bonchev–Trinajstić information content (AvgIpc) is 2.39. The van der Waals surface area contributed by atoms with Gasteiger partial charge in [0.2, 0.25) is 10.0 Å². The Bertz CT molecular complexity index is 541. The van der Waals surface area contributed by atoms with Gasteiger partial charge in [-0.2, -0.15) is 4.31 Å². The quantitative estimate of drug-likeness (QED) is 0.922. The third kappa shape index (κ3) is 2.83. The highest BCUT2D eigenvalue weighted by atomic mass is 32.2. The van der Waals surface area contributed by atoms with Crippen molar-refractivity contribution in [3.63, 3.8) is 0 Å². The number of hydrogen-bond donors (Lipinski definition) is 1. The topological polar surface area (TPSA) is 57.6 Å². The Morgan fingerprint density at radius 3 is 2.47 bits per heavy atom. The fourth-order valence-electron chi connectivity index (χ4n) is 2.70. The molecule has 5 heteroatoms. The average molecular weight is 283 g/mol. The molecule has 2 rings (SSSR count). The first-order chi connectivity index (χ1) is 8.94. The van der Waals surface area contributed by atoms with Gasteiger partial charge < -0.3 is 5.11 Å². The summed E-state index contributed by atoms with van der Waals surface area (Å²) in [6, 6.07) is 6.65. The second-order valence-electron chi connectivity index (χ2n) is 5.21. The largest absolute Gasteiger partial charge is 0.391 e. The Morgan fingerprint density at radius 2 is 1.84 bits per heavy atom. The molecule has 1 N–H and O–H groups in total. The van der Waals surface area contributed by atoms with Crippen molar-refractivity contribution in [3.05, 3.63) is 29.8 Å². The maximum absolute atomic E-state index is 12.6. The van der Waals surface area contributed by atoms with Crippen molar-refractivity contribution in [1.29, 1.82) is 0 Å². The lowest BCUT2D eigenvalue weighted by Crippen LogP contribution is -2.46. The Morgan fingerprint density at radius 1 is 1.21 bits per heavy atom. The molecule has 1 aromatic carbocycles. The van der Waals surface area contributed by atoms with E-state index in [9.17, 15) is 13.5 Å². The first-order valence-electron chi connectivity index (χ1n) is 6.66. The highest BCUT2D eigenvalue weighted by molar-refractivity contribution is 7.89. The maximum atomic E-state index is 12.6. The molecule has 0 aliphatic heterocycles. The van der Waals surface area contributed by atoms with E-state index in [1.807, 2.05) is 6.07 Å². The minimum Gasteiger partial charge on any atom is -0.391 e. The van der Waals surface area contributed by atoms with E-state index in [1.165, 1.54) is 4.31 Å². The van der Waals surface area contributed by atoms with Crippen molar-refractivity contribution < 1.29 is 13.5 Å². The van der Waals surface area contributed by atoms with Crippen LogP contribution in [0.1, 0.15) is 31.2 Å². The zero-order chi connectivity index (χ0) is 14.0. The molecule has 1 aromatic rings. The number of rotatable bonds is 3. The first-order valence-corrected chi connectivity index (χ1v) is 8.10. The monoisotopic (exact) mass is 283 g/mol. The minimum atomic E-state index is -3.53. The minimum absolute atomic E-state index is 0.307. The molecule has 0 saturated heterocycles. The van der Waals surface area contributed by atoms with Crippen LogP contribution in [0.4, 0.5) is 0 Å². The number of hydrogen-bond acceptors (Lipinski definition) is 3. The van der Waals surface area contributed by atoms with E-state index < -0.39 is 16.1 Å². The lowest BCUT2D eigenvalue weighted by atomic mass is 9.93. The summed E-state index contributed by atoms with van der Waals surface area (Å²) in [5.41, 5.74) is 0.736. The van der Waals surface area contributed by atoms with Crippen LogP contribution < -0.4 is 0 Å². The van der Waals surface area contributed by atoms with Gasteiger partial charge in [-0.3, -0.25) is 0 Å². The molecular weight excluding hydrogens is 262 g/mol.